The summed E-state index contributed by atoms with van der Waals surface area (Å²) in [5.41, 5.74) is 0.285. The van der Waals surface area contributed by atoms with Crippen molar-refractivity contribution in [1.29, 1.82) is 0 Å². The van der Waals surface area contributed by atoms with E-state index in [1.165, 1.54) is 11.8 Å². The van der Waals surface area contributed by atoms with Crippen molar-refractivity contribution >= 4 is 29.3 Å². The molecule has 0 bridgehead atoms. The molecule has 0 atom stereocenters. The van der Waals surface area contributed by atoms with Gasteiger partial charge in [0.15, 0.2) is 0 Å². The number of nitrogens with zero attached hydrogens (tertiary/aromatic N) is 1. The average molecular weight is 266 g/mol. The third-order valence-electron chi connectivity index (χ3n) is 2.05. The van der Waals surface area contributed by atoms with Crippen LogP contribution in [0.4, 0.5) is 0 Å². The zero-order valence-electron chi connectivity index (χ0n) is 8.63. The Kier molecular flexibility index (Phi) is 3.66. The number of hydrogen-bond donors (Lipinski definition) is 1. The molecule has 0 aliphatic heterocycles. The third-order valence-corrected chi connectivity index (χ3v) is 3.32. The monoisotopic (exact) mass is 265 g/mol. The smallest absolute Gasteiger partial charge is 0.336 e. The summed E-state index contributed by atoms with van der Waals surface area (Å²) < 4.78 is 0. The molecule has 86 valence electrons. The van der Waals surface area contributed by atoms with Crippen LogP contribution in [-0.4, -0.2) is 16.1 Å². The number of rotatable bonds is 3. The van der Waals surface area contributed by atoms with Gasteiger partial charge in [-0.15, -0.1) is 0 Å². The molecule has 2 rings (SSSR count). The van der Waals surface area contributed by atoms with Crippen molar-refractivity contribution in [2.45, 2.75) is 9.79 Å². The van der Waals surface area contributed by atoms with Crippen LogP contribution < -0.4 is 0 Å². The van der Waals surface area contributed by atoms with Crippen LogP contribution in [0.1, 0.15) is 10.4 Å². The highest BCUT2D eigenvalue weighted by Crippen LogP contribution is 2.30. The van der Waals surface area contributed by atoms with Crippen LogP contribution in [0, 0.1) is 0 Å². The van der Waals surface area contributed by atoms with Gasteiger partial charge in [0, 0.05) is 16.0 Å². The Balaban J connectivity index is 2.30. The molecule has 1 aromatic heterocycles. The van der Waals surface area contributed by atoms with Crippen molar-refractivity contribution in [1.82, 2.24) is 4.98 Å². The highest BCUT2D eigenvalue weighted by Gasteiger charge is 2.10. The molecular formula is C12H8ClNO2S. The molecule has 5 heteroatoms. The van der Waals surface area contributed by atoms with Gasteiger partial charge in [-0.25, -0.2) is 9.78 Å². The minimum absolute atomic E-state index is 0.285. The summed E-state index contributed by atoms with van der Waals surface area (Å²) in [5, 5.41) is 9.46. The molecule has 1 heterocycles. The molecule has 0 fully saturated rings. The quantitative estimate of drug-likeness (QED) is 0.862. The Bertz CT molecular complexity index is 542. The third kappa shape index (κ3) is 2.99. The van der Waals surface area contributed by atoms with E-state index < -0.39 is 5.97 Å². The number of aromatic nitrogens is 1. The van der Waals surface area contributed by atoms with E-state index in [0.717, 1.165) is 4.90 Å². The number of benzene rings is 1. The van der Waals surface area contributed by atoms with E-state index in [-0.39, 0.29) is 5.56 Å². The molecule has 0 saturated carbocycles. The topological polar surface area (TPSA) is 50.2 Å². The lowest BCUT2D eigenvalue weighted by atomic mass is 10.2. The fourth-order valence-corrected chi connectivity index (χ4v) is 2.30. The van der Waals surface area contributed by atoms with Gasteiger partial charge in [0.25, 0.3) is 0 Å². The Morgan fingerprint density at radius 3 is 2.65 bits per heavy atom. The molecule has 0 amide bonds. The lowest BCUT2D eigenvalue weighted by Crippen LogP contribution is -1.97. The number of carboxylic acid groups (broad SMARTS) is 1. The second-order valence-corrected chi connectivity index (χ2v) is 4.72. The standard InChI is InChI=1S/C12H8ClNO2S/c13-11-6-5-8(7-14-11)17-10-4-2-1-3-9(10)12(15)16/h1-7H,(H,15,16). The zero-order chi connectivity index (χ0) is 12.3. The van der Waals surface area contributed by atoms with E-state index >= 15 is 0 Å². The summed E-state index contributed by atoms with van der Waals surface area (Å²) in [5.74, 6) is -0.935. The highest BCUT2D eigenvalue weighted by molar-refractivity contribution is 7.99. The Morgan fingerprint density at radius 1 is 1.24 bits per heavy atom. The van der Waals surface area contributed by atoms with Gasteiger partial charge in [-0.2, -0.15) is 0 Å². The fraction of sp³-hybridized carbons (Fsp3) is 0. The fourth-order valence-electron chi connectivity index (χ4n) is 1.28. The number of aromatic carboxylic acids is 1. The van der Waals surface area contributed by atoms with Gasteiger partial charge < -0.3 is 5.11 Å². The molecule has 0 aliphatic rings. The van der Waals surface area contributed by atoms with Crippen molar-refractivity contribution in [2.75, 3.05) is 0 Å². The van der Waals surface area contributed by atoms with Crippen LogP contribution in [0.15, 0.2) is 52.4 Å². The normalized spacial score (nSPS) is 10.2. The second-order valence-electron chi connectivity index (χ2n) is 3.22. The molecule has 0 aliphatic carbocycles. The molecule has 17 heavy (non-hydrogen) atoms. The number of carboxylic acids is 1. The summed E-state index contributed by atoms with van der Waals surface area (Å²) in [6, 6.07) is 10.3. The predicted molar refractivity (Wildman–Crippen MR) is 66.8 cm³/mol. The molecular weight excluding hydrogens is 258 g/mol. The number of hydrogen-bond acceptors (Lipinski definition) is 3. The molecule has 1 aromatic carbocycles. The van der Waals surface area contributed by atoms with Gasteiger partial charge >= 0.3 is 5.97 Å². The highest BCUT2D eigenvalue weighted by atomic mass is 35.5. The van der Waals surface area contributed by atoms with Crippen LogP contribution in [0.5, 0.6) is 0 Å². The number of halogens is 1. The van der Waals surface area contributed by atoms with Crippen LogP contribution in [0.3, 0.4) is 0 Å². The van der Waals surface area contributed by atoms with Gasteiger partial charge in [-0.3, -0.25) is 0 Å². The summed E-state index contributed by atoms with van der Waals surface area (Å²) in [6.45, 7) is 0. The molecule has 0 saturated heterocycles. The second kappa shape index (κ2) is 5.21. The van der Waals surface area contributed by atoms with Crippen molar-refractivity contribution in [3.63, 3.8) is 0 Å². The molecule has 0 radical (unpaired) electrons. The first-order chi connectivity index (χ1) is 8.16. The lowest BCUT2D eigenvalue weighted by Gasteiger charge is -2.04. The van der Waals surface area contributed by atoms with Gasteiger partial charge in [0.05, 0.1) is 5.56 Å². The Hall–Kier alpha value is -1.52. The largest absolute Gasteiger partial charge is 0.478 e. The summed E-state index contributed by atoms with van der Waals surface area (Å²) >= 11 is 7.03. The first kappa shape index (κ1) is 12.0. The Morgan fingerprint density at radius 2 is 2.00 bits per heavy atom. The molecule has 0 unspecified atom stereocenters. The molecule has 1 N–H and O–H groups in total. The number of pyridine rings is 1. The summed E-state index contributed by atoms with van der Waals surface area (Å²) in [7, 11) is 0. The van der Waals surface area contributed by atoms with E-state index in [2.05, 4.69) is 4.98 Å². The van der Waals surface area contributed by atoms with Crippen molar-refractivity contribution in [2.24, 2.45) is 0 Å². The lowest BCUT2D eigenvalue weighted by molar-refractivity contribution is 0.0693. The van der Waals surface area contributed by atoms with Crippen LogP contribution in [0.25, 0.3) is 0 Å². The van der Waals surface area contributed by atoms with Crippen LogP contribution >= 0.6 is 23.4 Å². The van der Waals surface area contributed by atoms with E-state index in [1.54, 1.807) is 42.6 Å². The van der Waals surface area contributed by atoms with Crippen LogP contribution in [-0.2, 0) is 0 Å². The van der Waals surface area contributed by atoms with Gasteiger partial charge in [0.1, 0.15) is 5.15 Å². The van der Waals surface area contributed by atoms with E-state index in [4.69, 9.17) is 16.7 Å². The van der Waals surface area contributed by atoms with E-state index in [1.807, 2.05) is 0 Å². The summed E-state index contributed by atoms with van der Waals surface area (Å²) in [4.78, 5) is 16.5. The van der Waals surface area contributed by atoms with Gasteiger partial charge in [-0.1, -0.05) is 35.5 Å². The minimum atomic E-state index is -0.935. The van der Waals surface area contributed by atoms with Crippen molar-refractivity contribution in [3.05, 3.63) is 53.3 Å². The molecule has 3 nitrogen and oxygen atoms in total. The first-order valence-corrected chi connectivity index (χ1v) is 5.98. The van der Waals surface area contributed by atoms with Gasteiger partial charge in [0.2, 0.25) is 0 Å². The maximum atomic E-state index is 11.0. The SMILES string of the molecule is O=C(O)c1ccccc1Sc1ccc(Cl)nc1. The Labute approximate surface area is 107 Å². The predicted octanol–water partition coefficient (Wildman–Crippen LogP) is 3.58. The maximum absolute atomic E-state index is 11.0. The van der Waals surface area contributed by atoms with E-state index in [9.17, 15) is 4.79 Å². The molecule has 2 aromatic rings. The minimum Gasteiger partial charge on any atom is -0.478 e. The average Bonchev–Trinajstić information content (AvgIpc) is 2.32. The van der Waals surface area contributed by atoms with Crippen molar-refractivity contribution in [3.8, 4) is 0 Å². The van der Waals surface area contributed by atoms with Gasteiger partial charge in [-0.05, 0) is 24.3 Å². The zero-order valence-corrected chi connectivity index (χ0v) is 10.2. The maximum Gasteiger partial charge on any atom is 0.336 e. The van der Waals surface area contributed by atoms with E-state index in [0.29, 0.717) is 10.0 Å². The van der Waals surface area contributed by atoms with Crippen molar-refractivity contribution < 1.29 is 9.90 Å². The summed E-state index contributed by atoms with van der Waals surface area (Å²) in [6.07, 6.45) is 1.62. The first-order valence-electron chi connectivity index (χ1n) is 4.78. The molecule has 0 spiro atoms. The van der Waals surface area contributed by atoms with Crippen LogP contribution in [0.2, 0.25) is 5.15 Å². The number of carbonyl (C=O) groups is 1.